The third-order valence-electron chi connectivity index (χ3n) is 9.13. The summed E-state index contributed by atoms with van der Waals surface area (Å²) in [6, 6.07) is 0.175. The summed E-state index contributed by atoms with van der Waals surface area (Å²) in [6.07, 6.45) is 0.411. The minimum atomic E-state index is -5.05. The summed E-state index contributed by atoms with van der Waals surface area (Å²) in [5, 5.41) is 15.5. The second-order valence-electron chi connectivity index (χ2n) is 13.0. The van der Waals surface area contributed by atoms with Gasteiger partial charge in [0.2, 0.25) is 23.5 Å². The van der Waals surface area contributed by atoms with Gasteiger partial charge < -0.3 is 15.5 Å². The lowest BCUT2D eigenvalue weighted by Gasteiger charge is -2.39. The number of carbonyl (C=O) groups is 4. The standard InChI is InChI=1S/C27H37F3N4O4/c1-24(2,3)18(12-20(35)27(28,29)30)23(38)34-15-25(6-4-7-25)13-19(34)22(37)32-17(14-31)11-16-5-8-26(9-10-26)33-21(16)36/h16-19H,4-13,15H2,1-3H3,(H,32,37)(H,33,36). The van der Waals surface area contributed by atoms with E-state index in [2.05, 4.69) is 16.7 Å². The van der Waals surface area contributed by atoms with Crippen molar-refractivity contribution >= 4 is 23.5 Å². The van der Waals surface area contributed by atoms with Gasteiger partial charge in [0.1, 0.15) is 12.1 Å². The van der Waals surface area contributed by atoms with E-state index in [0.29, 0.717) is 12.8 Å². The first-order valence-corrected chi connectivity index (χ1v) is 13.5. The second-order valence-corrected chi connectivity index (χ2v) is 13.0. The molecule has 210 valence electrons. The van der Waals surface area contributed by atoms with Crippen LogP contribution in [0.3, 0.4) is 0 Å². The van der Waals surface area contributed by atoms with Gasteiger partial charge in [-0.05, 0) is 62.2 Å². The van der Waals surface area contributed by atoms with Gasteiger partial charge in [0.25, 0.3) is 0 Å². The summed E-state index contributed by atoms with van der Waals surface area (Å²) < 4.78 is 39.2. The van der Waals surface area contributed by atoms with Gasteiger partial charge in [0, 0.05) is 24.4 Å². The Kier molecular flexibility index (Phi) is 7.34. The van der Waals surface area contributed by atoms with Crippen LogP contribution in [0.4, 0.5) is 13.2 Å². The number of amides is 3. The van der Waals surface area contributed by atoms with Crippen molar-refractivity contribution < 1.29 is 32.3 Å². The van der Waals surface area contributed by atoms with E-state index in [9.17, 15) is 37.6 Å². The monoisotopic (exact) mass is 538 g/mol. The number of ketones is 1. The molecular formula is C27H37F3N4O4. The topological polar surface area (TPSA) is 119 Å². The third kappa shape index (κ3) is 5.84. The molecule has 0 aromatic heterocycles. The van der Waals surface area contributed by atoms with E-state index in [1.807, 2.05) is 0 Å². The van der Waals surface area contributed by atoms with Crippen LogP contribution in [0.25, 0.3) is 0 Å². The number of carbonyl (C=O) groups excluding carboxylic acids is 4. The fourth-order valence-electron chi connectivity index (χ4n) is 6.28. The highest BCUT2D eigenvalue weighted by atomic mass is 19.4. The number of likely N-dealkylation sites (tertiary alicyclic amines) is 1. The van der Waals surface area contributed by atoms with Gasteiger partial charge in [0.05, 0.1) is 12.0 Å². The SMILES string of the molecule is CC(C)(C)C(CC(=O)C(F)(F)F)C(=O)N1CC2(CCC2)CC1C(=O)NC(C#N)CC1CCC2(CC2)NC1=O. The molecule has 2 heterocycles. The van der Waals surface area contributed by atoms with E-state index < -0.39 is 59.5 Å². The Labute approximate surface area is 221 Å². The Morgan fingerprint density at radius 3 is 2.29 bits per heavy atom. The summed E-state index contributed by atoms with van der Waals surface area (Å²) in [4.78, 5) is 52.9. The van der Waals surface area contributed by atoms with Crippen LogP contribution >= 0.6 is 0 Å². The molecule has 2 aliphatic carbocycles. The van der Waals surface area contributed by atoms with Crippen molar-refractivity contribution in [3.05, 3.63) is 0 Å². The largest absolute Gasteiger partial charge is 0.449 e. The van der Waals surface area contributed by atoms with Gasteiger partial charge >= 0.3 is 6.18 Å². The summed E-state index contributed by atoms with van der Waals surface area (Å²) in [5.74, 6) is -4.92. The van der Waals surface area contributed by atoms with Crippen molar-refractivity contribution in [2.24, 2.45) is 22.7 Å². The highest BCUT2D eigenvalue weighted by molar-refractivity contribution is 5.93. The molecule has 4 aliphatic rings. The summed E-state index contributed by atoms with van der Waals surface area (Å²) in [7, 11) is 0. The highest BCUT2D eigenvalue weighted by Crippen LogP contribution is 2.51. The van der Waals surface area contributed by atoms with Crippen LogP contribution in [0.2, 0.25) is 0 Å². The van der Waals surface area contributed by atoms with Crippen LogP contribution in [-0.2, 0) is 19.2 Å². The van der Waals surface area contributed by atoms with Crippen molar-refractivity contribution in [2.45, 2.75) is 109 Å². The number of halogens is 3. The molecule has 38 heavy (non-hydrogen) atoms. The van der Waals surface area contributed by atoms with Crippen LogP contribution in [0, 0.1) is 34.0 Å². The highest BCUT2D eigenvalue weighted by Gasteiger charge is 2.54. The molecule has 4 fully saturated rings. The number of nitriles is 1. The molecule has 11 heteroatoms. The van der Waals surface area contributed by atoms with E-state index >= 15 is 0 Å². The van der Waals surface area contributed by atoms with Gasteiger partial charge in [-0.25, -0.2) is 0 Å². The van der Waals surface area contributed by atoms with Gasteiger partial charge in [-0.3, -0.25) is 19.2 Å². The minimum absolute atomic E-state index is 0.0855. The third-order valence-corrected chi connectivity index (χ3v) is 9.13. The summed E-state index contributed by atoms with van der Waals surface area (Å²) in [6.45, 7) is 5.06. The normalized spacial score (nSPS) is 27.2. The zero-order valence-corrected chi connectivity index (χ0v) is 22.2. The van der Waals surface area contributed by atoms with E-state index in [1.54, 1.807) is 20.8 Å². The number of rotatable bonds is 7. The Hall–Kier alpha value is -2.64. The number of Topliss-reactive ketones (excluding diaryl/α,β-unsaturated/α-hetero) is 1. The molecule has 3 amide bonds. The molecule has 2 aliphatic heterocycles. The summed E-state index contributed by atoms with van der Waals surface area (Å²) in [5.41, 5.74) is -1.31. The van der Waals surface area contributed by atoms with E-state index in [1.165, 1.54) is 4.90 Å². The number of hydrogen-bond donors (Lipinski definition) is 2. The molecule has 4 atom stereocenters. The molecule has 0 radical (unpaired) electrons. The molecule has 0 aromatic carbocycles. The van der Waals surface area contributed by atoms with Gasteiger partial charge in [-0.2, -0.15) is 18.4 Å². The lowest BCUT2D eigenvalue weighted by atomic mass is 9.67. The molecule has 0 aromatic rings. The fourth-order valence-corrected chi connectivity index (χ4v) is 6.28. The molecule has 4 rings (SSSR count). The number of alkyl halides is 3. The predicted octanol–water partition coefficient (Wildman–Crippen LogP) is 3.40. The Balaban J connectivity index is 1.48. The fraction of sp³-hybridized carbons (Fsp3) is 0.815. The molecule has 2 saturated carbocycles. The molecule has 2 spiro atoms. The maximum atomic E-state index is 13.7. The lowest BCUT2D eigenvalue weighted by Crippen LogP contribution is -2.53. The van der Waals surface area contributed by atoms with E-state index in [0.717, 1.165) is 38.5 Å². The van der Waals surface area contributed by atoms with E-state index in [-0.39, 0.29) is 29.8 Å². The smallest absolute Gasteiger partial charge is 0.350 e. The molecular weight excluding hydrogens is 501 g/mol. The quantitative estimate of drug-likeness (QED) is 0.515. The molecule has 2 saturated heterocycles. The predicted molar refractivity (Wildman–Crippen MR) is 130 cm³/mol. The average Bonchev–Trinajstić information content (AvgIpc) is 3.39. The van der Waals surface area contributed by atoms with Crippen molar-refractivity contribution in [1.29, 1.82) is 5.26 Å². The Morgan fingerprint density at radius 1 is 1.16 bits per heavy atom. The maximum absolute atomic E-state index is 13.7. The van der Waals surface area contributed by atoms with Crippen LogP contribution in [-0.4, -0.2) is 58.7 Å². The minimum Gasteiger partial charge on any atom is -0.350 e. The van der Waals surface area contributed by atoms with Crippen molar-refractivity contribution in [1.82, 2.24) is 15.5 Å². The van der Waals surface area contributed by atoms with Crippen LogP contribution in [0.15, 0.2) is 0 Å². The lowest BCUT2D eigenvalue weighted by molar-refractivity contribution is -0.174. The molecule has 2 N–H and O–H groups in total. The molecule has 8 nitrogen and oxygen atoms in total. The van der Waals surface area contributed by atoms with Crippen molar-refractivity contribution in [2.75, 3.05) is 6.54 Å². The van der Waals surface area contributed by atoms with Crippen LogP contribution < -0.4 is 10.6 Å². The second kappa shape index (κ2) is 9.83. The zero-order chi connectivity index (χ0) is 28.1. The Morgan fingerprint density at radius 2 is 1.82 bits per heavy atom. The zero-order valence-electron chi connectivity index (χ0n) is 22.2. The van der Waals surface area contributed by atoms with Crippen molar-refractivity contribution in [3.63, 3.8) is 0 Å². The number of piperidine rings is 1. The van der Waals surface area contributed by atoms with Crippen molar-refractivity contribution in [3.8, 4) is 6.07 Å². The van der Waals surface area contributed by atoms with Gasteiger partial charge in [-0.1, -0.05) is 27.2 Å². The number of nitrogens with one attached hydrogen (secondary N) is 2. The first kappa shape index (κ1) is 28.4. The first-order chi connectivity index (χ1) is 17.6. The first-order valence-electron chi connectivity index (χ1n) is 13.5. The van der Waals surface area contributed by atoms with Gasteiger partial charge in [0.15, 0.2) is 0 Å². The average molecular weight is 539 g/mol. The molecule has 4 unspecified atom stereocenters. The number of nitrogens with zero attached hydrogens (tertiary/aromatic N) is 2. The molecule has 0 bridgehead atoms. The summed E-state index contributed by atoms with van der Waals surface area (Å²) >= 11 is 0. The Bertz CT molecular complexity index is 1040. The maximum Gasteiger partial charge on any atom is 0.449 e. The van der Waals surface area contributed by atoms with Gasteiger partial charge in [-0.15, -0.1) is 0 Å². The van der Waals surface area contributed by atoms with Crippen LogP contribution in [0.1, 0.15) is 85.0 Å². The number of hydrogen-bond acceptors (Lipinski definition) is 5. The van der Waals surface area contributed by atoms with Crippen LogP contribution in [0.5, 0.6) is 0 Å². The van der Waals surface area contributed by atoms with E-state index in [4.69, 9.17) is 0 Å².